The molecule has 7 heteroatoms. The summed E-state index contributed by atoms with van der Waals surface area (Å²) in [7, 11) is 1.74. The van der Waals surface area contributed by atoms with Crippen LogP contribution in [-0.2, 0) is 11.2 Å². The van der Waals surface area contributed by atoms with Gasteiger partial charge in [0, 0.05) is 32.0 Å². The molecule has 2 atom stereocenters. The first kappa shape index (κ1) is 18.5. The smallest absolute Gasteiger partial charge is 0.315 e. The topological polar surface area (TPSA) is 59.5 Å². The minimum absolute atomic E-state index is 0.163. The normalized spacial score (nSPS) is 23.8. The lowest BCUT2D eigenvalue weighted by Gasteiger charge is -2.40. The van der Waals surface area contributed by atoms with Crippen molar-refractivity contribution in [2.45, 2.75) is 45.3 Å². The van der Waals surface area contributed by atoms with Gasteiger partial charge in [-0.1, -0.05) is 43.7 Å². The van der Waals surface area contributed by atoms with Gasteiger partial charge < -0.3 is 14.7 Å². The van der Waals surface area contributed by atoms with E-state index in [1.54, 1.807) is 11.9 Å². The van der Waals surface area contributed by atoms with Crippen LogP contribution in [0.3, 0.4) is 0 Å². The number of carbonyl (C=O) groups is 2. The second-order valence-electron chi connectivity index (χ2n) is 7.59. The quantitative estimate of drug-likeness (QED) is 0.760. The zero-order chi connectivity index (χ0) is 19.8. The number of nitrogens with zero attached hydrogens (tertiary/aromatic N) is 5. The van der Waals surface area contributed by atoms with Crippen molar-refractivity contribution in [3.8, 4) is 0 Å². The van der Waals surface area contributed by atoms with Crippen molar-refractivity contribution in [3.63, 3.8) is 0 Å². The predicted molar refractivity (Wildman–Crippen MR) is 107 cm³/mol. The van der Waals surface area contributed by atoms with Crippen molar-refractivity contribution in [1.82, 2.24) is 19.6 Å². The van der Waals surface area contributed by atoms with E-state index in [4.69, 9.17) is 4.99 Å². The van der Waals surface area contributed by atoms with Gasteiger partial charge in [-0.2, -0.15) is 0 Å². The third-order valence-corrected chi connectivity index (χ3v) is 5.70. The van der Waals surface area contributed by atoms with E-state index in [0.29, 0.717) is 13.0 Å². The van der Waals surface area contributed by atoms with Gasteiger partial charge in [-0.25, -0.2) is 9.79 Å². The Labute approximate surface area is 165 Å². The Bertz CT molecular complexity index is 834. The Morgan fingerprint density at radius 2 is 1.82 bits per heavy atom. The summed E-state index contributed by atoms with van der Waals surface area (Å²) in [6.07, 6.45) is 4.33. The molecule has 0 aliphatic carbocycles. The second-order valence-corrected chi connectivity index (χ2v) is 7.59. The minimum atomic E-state index is -0.477. The van der Waals surface area contributed by atoms with Crippen LogP contribution in [0, 0.1) is 0 Å². The van der Waals surface area contributed by atoms with Gasteiger partial charge >= 0.3 is 6.03 Å². The lowest BCUT2D eigenvalue weighted by Crippen LogP contribution is -2.64. The lowest BCUT2D eigenvalue weighted by atomic mass is 10.1. The highest BCUT2D eigenvalue weighted by Gasteiger charge is 2.53. The fourth-order valence-corrected chi connectivity index (χ4v) is 4.09. The fraction of sp³-hybridized carbons (Fsp3) is 0.476. The number of aliphatic imine (C=N–C) groups is 1. The summed E-state index contributed by atoms with van der Waals surface area (Å²) < 4.78 is 0. The van der Waals surface area contributed by atoms with E-state index in [1.165, 1.54) is 4.90 Å². The highest BCUT2D eigenvalue weighted by atomic mass is 16.2. The van der Waals surface area contributed by atoms with Crippen LogP contribution in [0.2, 0.25) is 0 Å². The average molecular weight is 381 g/mol. The number of likely N-dealkylation sites (N-methyl/N-ethyl adjacent to an activating group) is 1. The second kappa shape index (κ2) is 7.30. The number of rotatable bonds is 6. The first-order chi connectivity index (χ1) is 13.5. The van der Waals surface area contributed by atoms with Crippen LogP contribution >= 0.6 is 0 Å². The molecule has 1 fully saturated rings. The summed E-state index contributed by atoms with van der Waals surface area (Å²) in [6.45, 7) is 5.45. The number of hydrogen-bond acceptors (Lipinski definition) is 5. The molecular weight excluding hydrogens is 354 g/mol. The van der Waals surface area contributed by atoms with Crippen LogP contribution in [0.15, 0.2) is 47.2 Å². The standard InChI is InChI=1S/C21H27N5O2/c1-4-5-12-24-15(2)14-26-17-18(22-20(24)26)23(3)21(28)25(19(17)27)13-11-16-9-7-6-8-10-16/h6-10,14,17-18H,4-5,11-13H2,1-3H3. The monoisotopic (exact) mass is 381 g/mol. The molecule has 2 unspecified atom stereocenters. The van der Waals surface area contributed by atoms with Crippen molar-refractivity contribution in [2.75, 3.05) is 20.1 Å². The maximum absolute atomic E-state index is 13.3. The highest BCUT2D eigenvalue weighted by molar-refractivity contribution is 6.04. The van der Waals surface area contributed by atoms with Gasteiger partial charge in [0.15, 0.2) is 12.2 Å². The summed E-state index contributed by atoms with van der Waals surface area (Å²) in [5.41, 5.74) is 2.20. The predicted octanol–water partition coefficient (Wildman–Crippen LogP) is 2.47. The van der Waals surface area contributed by atoms with Gasteiger partial charge in [-0.15, -0.1) is 0 Å². The van der Waals surface area contributed by atoms with Gasteiger partial charge in [0.2, 0.25) is 5.96 Å². The number of guanidine groups is 1. The van der Waals surface area contributed by atoms with Crippen molar-refractivity contribution in [3.05, 3.63) is 47.8 Å². The number of hydrogen-bond donors (Lipinski definition) is 0. The van der Waals surface area contributed by atoms with Gasteiger partial charge in [0.05, 0.1) is 0 Å². The van der Waals surface area contributed by atoms with Crippen molar-refractivity contribution < 1.29 is 9.59 Å². The third-order valence-electron chi connectivity index (χ3n) is 5.70. The molecule has 0 saturated carbocycles. The van der Waals surface area contributed by atoms with Gasteiger partial charge in [0.1, 0.15) is 0 Å². The molecule has 7 nitrogen and oxygen atoms in total. The third kappa shape index (κ3) is 2.95. The average Bonchev–Trinajstić information content (AvgIpc) is 3.20. The Hall–Kier alpha value is -2.83. The van der Waals surface area contributed by atoms with Gasteiger partial charge in [-0.3, -0.25) is 9.69 Å². The number of allylic oxidation sites excluding steroid dienone is 1. The van der Waals surface area contributed by atoms with Gasteiger partial charge in [0.25, 0.3) is 5.91 Å². The molecule has 3 amide bonds. The summed E-state index contributed by atoms with van der Waals surface area (Å²) in [4.78, 5) is 38.0. The Morgan fingerprint density at radius 3 is 2.54 bits per heavy atom. The Kier molecular flexibility index (Phi) is 4.83. The number of carbonyl (C=O) groups excluding carboxylic acids is 2. The molecule has 0 aromatic heterocycles. The van der Waals surface area contributed by atoms with Crippen LogP contribution in [0.5, 0.6) is 0 Å². The summed E-state index contributed by atoms with van der Waals surface area (Å²) in [5, 5.41) is 0. The number of imide groups is 1. The van der Waals surface area contributed by atoms with Crippen molar-refractivity contribution in [1.29, 1.82) is 0 Å². The molecule has 0 radical (unpaired) electrons. The molecule has 148 valence electrons. The summed E-state index contributed by atoms with van der Waals surface area (Å²) in [6, 6.07) is 9.18. The van der Waals surface area contributed by atoms with Crippen molar-refractivity contribution >= 4 is 17.9 Å². The molecule has 0 spiro atoms. The molecular formula is C21H27N5O2. The van der Waals surface area contributed by atoms with E-state index in [1.807, 2.05) is 48.4 Å². The molecule has 3 aliphatic heterocycles. The molecule has 1 aromatic rings. The van der Waals surface area contributed by atoms with E-state index in [-0.39, 0.29) is 11.9 Å². The summed E-state index contributed by atoms with van der Waals surface area (Å²) in [5.74, 6) is 0.628. The van der Waals surface area contributed by atoms with Crippen LogP contribution in [-0.4, -0.2) is 69.8 Å². The number of fused-ring (bicyclic) bond motifs is 3. The minimum Gasteiger partial charge on any atom is -0.315 e. The summed E-state index contributed by atoms with van der Waals surface area (Å²) >= 11 is 0. The molecule has 4 rings (SSSR count). The van der Waals surface area contributed by atoms with Gasteiger partial charge in [-0.05, 0) is 25.3 Å². The number of benzene rings is 1. The van der Waals surface area contributed by atoms with Crippen LogP contribution < -0.4 is 0 Å². The van der Waals surface area contributed by atoms with Crippen LogP contribution in [0.1, 0.15) is 32.3 Å². The first-order valence-electron chi connectivity index (χ1n) is 9.97. The van der Waals surface area contributed by atoms with Crippen LogP contribution in [0.4, 0.5) is 4.79 Å². The van der Waals surface area contributed by atoms with E-state index < -0.39 is 12.2 Å². The van der Waals surface area contributed by atoms with E-state index >= 15 is 0 Å². The maximum atomic E-state index is 13.3. The van der Waals surface area contributed by atoms with Crippen LogP contribution in [0.25, 0.3) is 0 Å². The SMILES string of the molecule is CCCCN1C(C)=CN2C1=NC1C2C(=O)N(CCc2ccccc2)C(=O)N1C. The Balaban J connectivity index is 1.54. The van der Waals surface area contributed by atoms with E-state index in [0.717, 1.165) is 36.6 Å². The van der Waals surface area contributed by atoms with Crippen molar-refractivity contribution in [2.24, 2.45) is 4.99 Å². The molecule has 3 heterocycles. The van der Waals surface area contributed by atoms with E-state index in [9.17, 15) is 9.59 Å². The number of unbranched alkanes of at least 4 members (excludes halogenated alkanes) is 1. The highest BCUT2D eigenvalue weighted by Crippen LogP contribution is 2.34. The van der Waals surface area contributed by atoms with E-state index in [2.05, 4.69) is 11.8 Å². The zero-order valence-corrected chi connectivity index (χ0v) is 16.7. The molecule has 3 aliphatic rings. The maximum Gasteiger partial charge on any atom is 0.328 e. The largest absolute Gasteiger partial charge is 0.328 e. The lowest BCUT2D eigenvalue weighted by molar-refractivity contribution is -0.136. The molecule has 1 saturated heterocycles. The number of urea groups is 1. The number of amides is 3. The zero-order valence-electron chi connectivity index (χ0n) is 16.7. The molecule has 28 heavy (non-hydrogen) atoms. The first-order valence-corrected chi connectivity index (χ1v) is 9.97. The Morgan fingerprint density at radius 1 is 1.07 bits per heavy atom. The molecule has 0 bridgehead atoms. The molecule has 1 aromatic carbocycles. The molecule has 0 N–H and O–H groups in total. The fourth-order valence-electron chi connectivity index (χ4n) is 4.09.